The summed E-state index contributed by atoms with van der Waals surface area (Å²) >= 11 is 0. The lowest BCUT2D eigenvalue weighted by Crippen LogP contribution is -2.33. The summed E-state index contributed by atoms with van der Waals surface area (Å²) in [6, 6.07) is 11.4. The van der Waals surface area contributed by atoms with Gasteiger partial charge in [-0.3, -0.25) is 0 Å². The predicted molar refractivity (Wildman–Crippen MR) is 133 cm³/mol. The molecule has 0 fully saturated rings. The van der Waals surface area contributed by atoms with Crippen LogP contribution in [0.2, 0.25) is 0 Å². The van der Waals surface area contributed by atoms with E-state index < -0.39 is 5.60 Å². The number of ether oxygens (including phenoxy) is 2. The van der Waals surface area contributed by atoms with Gasteiger partial charge in [0.05, 0.1) is 5.60 Å². The van der Waals surface area contributed by atoms with Crippen LogP contribution in [-0.2, 0) is 5.60 Å². The summed E-state index contributed by atoms with van der Waals surface area (Å²) in [4.78, 5) is 8.61. The molecule has 33 heavy (non-hydrogen) atoms. The van der Waals surface area contributed by atoms with Crippen molar-refractivity contribution in [1.29, 1.82) is 0 Å². The van der Waals surface area contributed by atoms with E-state index in [0.29, 0.717) is 29.5 Å². The zero-order valence-electron chi connectivity index (χ0n) is 20.0. The normalized spacial score (nSPS) is 21.4. The van der Waals surface area contributed by atoms with Crippen molar-refractivity contribution < 1.29 is 14.6 Å². The van der Waals surface area contributed by atoms with Gasteiger partial charge in [-0.2, -0.15) is 0 Å². The fraction of sp³-hybridized carbons (Fsp3) is 0.440. The SMILES string of the molecule is CCC(C)(O)c1ccc2c(c1)N=C(N)C(C)O2.CCC(N)c1ccc2c(c1)N=C(N)C(C)O2. The Hall–Kier alpha value is -3.10. The van der Waals surface area contributed by atoms with Crippen LogP contribution in [0.1, 0.15) is 64.6 Å². The van der Waals surface area contributed by atoms with Crippen LogP contribution in [-0.4, -0.2) is 29.0 Å². The maximum absolute atomic E-state index is 10.2. The van der Waals surface area contributed by atoms with E-state index in [1.54, 1.807) is 6.92 Å². The molecule has 0 aliphatic carbocycles. The number of hydrogen-bond donors (Lipinski definition) is 4. The maximum Gasteiger partial charge on any atom is 0.153 e. The molecule has 2 aromatic carbocycles. The second-order valence-corrected chi connectivity index (χ2v) is 8.65. The Morgan fingerprint density at radius 3 is 1.97 bits per heavy atom. The van der Waals surface area contributed by atoms with Gasteiger partial charge in [0.25, 0.3) is 0 Å². The van der Waals surface area contributed by atoms with E-state index in [-0.39, 0.29) is 18.2 Å². The Bertz CT molecular complexity index is 1060. The molecule has 8 nitrogen and oxygen atoms in total. The van der Waals surface area contributed by atoms with Crippen molar-refractivity contribution in [3.05, 3.63) is 47.5 Å². The summed E-state index contributed by atoms with van der Waals surface area (Å²) in [6.45, 7) is 9.52. The highest BCUT2D eigenvalue weighted by Gasteiger charge is 2.24. The average molecular weight is 454 g/mol. The third-order valence-corrected chi connectivity index (χ3v) is 6.06. The minimum Gasteiger partial charge on any atom is -0.481 e. The van der Waals surface area contributed by atoms with Crippen LogP contribution >= 0.6 is 0 Å². The number of hydrogen-bond acceptors (Lipinski definition) is 8. The largest absolute Gasteiger partial charge is 0.481 e. The van der Waals surface area contributed by atoms with Gasteiger partial charge in [0.1, 0.15) is 34.5 Å². The maximum atomic E-state index is 10.2. The van der Waals surface area contributed by atoms with Crippen molar-refractivity contribution in [1.82, 2.24) is 0 Å². The van der Waals surface area contributed by atoms with E-state index in [1.165, 1.54) is 0 Å². The molecule has 2 heterocycles. The monoisotopic (exact) mass is 453 g/mol. The Labute approximate surface area is 195 Å². The topological polar surface area (TPSA) is 141 Å². The quantitative estimate of drug-likeness (QED) is 0.552. The highest BCUT2D eigenvalue weighted by molar-refractivity contribution is 5.90. The molecule has 0 amide bonds. The van der Waals surface area contributed by atoms with E-state index in [2.05, 4.69) is 16.9 Å². The average Bonchev–Trinajstić information content (AvgIpc) is 2.80. The van der Waals surface area contributed by atoms with Gasteiger partial charge in [-0.25, -0.2) is 9.98 Å². The molecular formula is C25H35N5O3. The van der Waals surface area contributed by atoms with Crippen LogP contribution in [0.4, 0.5) is 11.4 Å². The standard InChI is InChI=1S/C13H18N2O2.C12H17N3O/c1-4-13(3,16)9-5-6-11-10(7-9)15-12(14)8(2)17-11;1-3-9(13)8-4-5-11-10(6-8)15-12(14)7(2)16-11/h5-8,16H,4H2,1-3H3,(H2,14,15);4-7,9H,3,13H2,1-2H3,(H2,14,15). The summed E-state index contributed by atoms with van der Waals surface area (Å²) in [6.07, 6.45) is 1.19. The summed E-state index contributed by atoms with van der Waals surface area (Å²) < 4.78 is 11.2. The van der Waals surface area contributed by atoms with Crippen molar-refractivity contribution in [2.45, 2.75) is 71.3 Å². The summed E-state index contributed by atoms with van der Waals surface area (Å²) in [7, 11) is 0. The van der Waals surface area contributed by atoms with Gasteiger partial charge in [-0.15, -0.1) is 0 Å². The zero-order chi connectivity index (χ0) is 24.3. The van der Waals surface area contributed by atoms with Gasteiger partial charge in [-0.05, 0) is 69.0 Å². The Balaban J connectivity index is 0.000000186. The van der Waals surface area contributed by atoms with Crippen molar-refractivity contribution in [3.8, 4) is 11.5 Å². The molecule has 2 aromatic rings. The Morgan fingerprint density at radius 2 is 1.45 bits per heavy atom. The van der Waals surface area contributed by atoms with Gasteiger partial charge in [0.2, 0.25) is 0 Å². The lowest BCUT2D eigenvalue weighted by Gasteiger charge is -2.25. The van der Waals surface area contributed by atoms with Crippen molar-refractivity contribution in [3.63, 3.8) is 0 Å². The van der Waals surface area contributed by atoms with E-state index in [9.17, 15) is 5.11 Å². The van der Waals surface area contributed by atoms with Crippen molar-refractivity contribution in [2.24, 2.45) is 27.2 Å². The molecule has 0 spiro atoms. The first-order valence-corrected chi connectivity index (χ1v) is 11.3. The van der Waals surface area contributed by atoms with Gasteiger partial charge in [0.15, 0.2) is 12.2 Å². The molecule has 2 aliphatic heterocycles. The minimum atomic E-state index is -0.845. The number of nitrogens with two attached hydrogens (primary N) is 3. The number of fused-ring (bicyclic) bond motifs is 2. The molecule has 4 unspecified atom stereocenters. The molecule has 2 aliphatic rings. The Kier molecular flexibility index (Phi) is 7.29. The predicted octanol–water partition coefficient (Wildman–Crippen LogP) is 3.94. The molecule has 0 aromatic heterocycles. The number of nitrogens with zero attached hydrogens (tertiary/aromatic N) is 2. The number of aliphatic imine (C=N–C) groups is 2. The second kappa shape index (κ2) is 9.80. The fourth-order valence-electron chi connectivity index (χ4n) is 3.39. The van der Waals surface area contributed by atoms with Gasteiger partial charge < -0.3 is 31.8 Å². The molecule has 8 heteroatoms. The van der Waals surface area contributed by atoms with Crippen molar-refractivity contribution in [2.75, 3.05) is 0 Å². The highest BCUT2D eigenvalue weighted by atomic mass is 16.5. The first-order chi connectivity index (χ1) is 15.6. The zero-order valence-corrected chi connectivity index (χ0v) is 20.0. The molecule has 178 valence electrons. The van der Waals surface area contributed by atoms with Crippen LogP contribution in [0, 0.1) is 0 Å². The number of benzene rings is 2. The smallest absolute Gasteiger partial charge is 0.153 e. The van der Waals surface area contributed by atoms with Crippen LogP contribution in [0.3, 0.4) is 0 Å². The molecule has 4 rings (SSSR count). The Morgan fingerprint density at radius 1 is 0.939 bits per heavy atom. The lowest BCUT2D eigenvalue weighted by molar-refractivity contribution is 0.0530. The van der Waals surface area contributed by atoms with Gasteiger partial charge in [0, 0.05) is 6.04 Å². The number of amidine groups is 2. The van der Waals surface area contributed by atoms with Crippen LogP contribution in [0.5, 0.6) is 11.5 Å². The minimum absolute atomic E-state index is 0.0427. The number of aliphatic hydroxyl groups is 1. The summed E-state index contributed by atoms with van der Waals surface area (Å²) in [5.74, 6) is 2.46. The second-order valence-electron chi connectivity index (χ2n) is 8.65. The summed E-state index contributed by atoms with van der Waals surface area (Å²) in [5.41, 5.74) is 20.0. The van der Waals surface area contributed by atoms with Crippen LogP contribution in [0.25, 0.3) is 0 Å². The molecule has 0 saturated heterocycles. The lowest BCUT2D eigenvalue weighted by atomic mass is 9.93. The fourth-order valence-corrected chi connectivity index (χ4v) is 3.39. The molecule has 0 saturated carbocycles. The molecule has 7 N–H and O–H groups in total. The molecule has 0 radical (unpaired) electrons. The number of rotatable bonds is 4. The molecular weight excluding hydrogens is 418 g/mol. The molecule has 4 atom stereocenters. The van der Waals surface area contributed by atoms with E-state index >= 15 is 0 Å². The summed E-state index contributed by atoms with van der Waals surface area (Å²) in [5, 5.41) is 10.2. The first kappa shape index (κ1) is 24.5. The third kappa shape index (κ3) is 5.46. The van der Waals surface area contributed by atoms with Gasteiger partial charge in [-0.1, -0.05) is 26.0 Å². The highest BCUT2D eigenvalue weighted by Crippen LogP contribution is 2.37. The van der Waals surface area contributed by atoms with E-state index in [4.69, 9.17) is 26.7 Å². The molecule has 0 bridgehead atoms. The van der Waals surface area contributed by atoms with Gasteiger partial charge >= 0.3 is 0 Å². The van der Waals surface area contributed by atoms with E-state index in [0.717, 1.165) is 29.0 Å². The first-order valence-electron chi connectivity index (χ1n) is 11.3. The van der Waals surface area contributed by atoms with E-state index in [1.807, 2.05) is 57.2 Å². The van der Waals surface area contributed by atoms with Crippen molar-refractivity contribution >= 4 is 23.0 Å². The third-order valence-electron chi connectivity index (χ3n) is 6.06. The van der Waals surface area contributed by atoms with Crippen LogP contribution in [0.15, 0.2) is 46.4 Å². The van der Waals surface area contributed by atoms with Crippen LogP contribution < -0.4 is 26.7 Å².